The van der Waals surface area contributed by atoms with Crippen LogP contribution < -0.4 is 10.9 Å². The third-order valence-electron chi connectivity index (χ3n) is 2.75. The standard InChI is InChI=1S/C14H14N2O3S/c1-9-12(7-8-19-9)14(18)16-15-13(17)10-3-5-11(20-2)6-4-10/h3-8H,1-2H3,(H,15,17)(H,16,18). The number of benzene rings is 1. The first-order valence-electron chi connectivity index (χ1n) is 5.90. The number of hydrogen-bond acceptors (Lipinski definition) is 4. The molecule has 0 atom stereocenters. The van der Waals surface area contributed by atoms with Crippen LogP contribution in [0.15, 0.2) is 45.9 Å². The van der Waals surface area contributed by atoms with Gasteiger partial charge in [0.15, 0.2) is 0 Å². The lowest BCUT2D eigenvalue weighted by molar-refractivity contribution is 0.0845. The van der Waals surface area contributed by atoms with Gasteiger partial charge in [-0.25, -0.2) is 0 Å². The van der Waals surface area contributed by atoms with E-state index >= 15 is 0 Å². The molecule has 2 amide bonds. The Balaban J connectivity index is 1.95. The first-order valence-corrected chi connectivity index (χ1v) is 7.13. The molecule has 2 rings (SSSR count). The maximum Gasteiger partial charge on any atom is 0.273 e. The van der Waals surface area contributed by atoms with E-state index in [0.717, 1.165) is 4.90 Å². The predicted molar refractivity (Wildman–Crippen MR) is 76.6 cm³/mol. The monoisotopic (exact) mass is 290 g/mol. The van der Waals surface area contributed by atoms with Gasteiger partial charge >= 0.3 is 0 Å². The molecular formula is C14H14N2O3S. The van der Waals surface area contributed by atoms with Crippen LogP contribution in [-0.2, 0) is 0 Å². The Morgan fingerprint density at radius 2 is 1.70 bits per heavy atom. The number of amides is 2. The minimum absolute atomic E-state index is 0.368. The van der Waals surface area contributed by atoms with Crippen molar-refractivity contribution in [2.45, 2.75) is 11.8 Å². The molecule has 0 bridgehead atoms. The highest BCUT2D eigenvalue weighted by Gasteiger charge is 2.12. The van der Waals surface area contributed by atoms with Gasteiger partial charge in [0.2, 0.25) is 0 Å². The van der Waals surface area contributed by atoms with E-state index in [-0.39, 0.29) is 5.91 Å². The molecule has 6 heteroatoms. The van der Waals surface area contributed by atoms with Crippen LogP contribution in [0.5, 0.6) is 0 Å². The molecule has 0 aliphatic carbocycles. The van der Waals surface area contributed by atoms with Gasteiger partial charge in [0.05, 0.1) is 11.8 Å². The second kappa shape index (κ2) is 6.29. The molecule has 1 aromatic heterocycles. The fourth-order valence-electron chi connectivity index (χ4n) is 1.62. The van der Waals surface area contributed by atoms with Gasteiger partial charge in [-0.3, -0.25) is 20.4 Å². The van der Waals surface area contributed by atoms with E-state index in [1.165, 1.54) is 6.26 Å². The van der Waals surface area contributed by atoms with Gasteiger partial charge in [-0.15, -0.1) is 11.8 Å². The minimum Gasteiger partial charge on any atom is -0.469 e. The summed E-state index contributed by atoms with van der Waals surface area (Å²) in [6.45, 7) is 1.68. The molecule has 2 aromatic rings. The van der Waals surface area contributed by atoms with Gasteiger partial charge in [-0.2, -0.15) is 0 Å². The summed E-state index contributed by atoms with van der Waals surface area (Å²) in [5, 5.41) is 0. The zero-order valence-electron chi connectivity index (χ0n) is 11.1. The van der Waals surface area contributed by atoms with Gasteiger partial charge < -0.3 is 4.42 Å². The molecule has 0 fully saturated rings. The van der Waals surface area contributed by atoms with Gasteiger partial charge in [0.25, 0.3) is 11.8 Å². The largest absolute Gasteiger partial charge is 0.469 e. The second-order valence-corrected chi connectivity index (χ2v) is 4.91. The maximum absolute atomic E-state index is 11.8. The van der Waals surface area contributed by atoms with Crippen LogP contribution in [0, 0.1) is 6.92 Å². The smallest absolute Gasteiger partial charge is 0.273 e. The molecular weight excluding hydrogens is 276 g/mol. The molecule has 2 N–H and O–H groups in total. The van der Waals surface area contributed by atoms with Crippen LogP contribution in [0.25, 0.3) is 0 Å². The number of nitrogens with one attached hydrogen (secondary N) is 2. The van der Waals surface area contributed by atoms with Gasteiger partial charge in [-0.05, 0) is 43.5 Å². The molecule has 104 valence electrons. The zero-order chi connectivity index (χ0) is 14.5. The summed E-state index contributed by atoms with van der Waals surface area (Å²) in [4.78, 5) is 24.7. The number of rotatable bonds is 3. The van der Waals surface area contributed by atoms with E-state index in [4.69, 9.17) is 4.42 Å². The van der Waals surface area contributed by atoms with Crippen molar-refractivity contribution in [3.05, 3.63) is 53.5 Å². The van der Waals surface area contributed by atoms with Crippen LogP contribution in [0.1, 0.15) is 26.5 Å². The number of hydrazine groups is 1. The van der Waals surface area contributed by atoms with Crippen molar-refractivity contribution in [3.8, 4) is 0 Å². The average molecular weight is 290 g/mol. The van der Waals surface area contributed by atoms with E-state index in [2.05, 4.69) is 10.9 Å². The van der Waals surface area contributed by atoms with E-state index < -0.39 is 5.91 Å². The molecule has 1 aromatic carbocycles. The fourth-order valence-corrected chi connectivity index (χ4v) is 2.02. The van der Waals surface area contributed by atoms with Crippen LogP contribution in [0.3, 0.4) is 0 Å². The quantitative estimate of drug-likeness (QED) is 0.672. The lowest BCUT2D eigenvalue weighted by atomic mass is 10.2. The number of aryl methyl sites for hydroxylation is 1. The van der Waals surface area contributed by atoms with Crippen LogP contribution in [-0.4, -0.2) is 18.1 Å². The Kier molecular flexibility index (Phi) is 4.47. The van der Waals surface area contributed by atoms with E-state index in [1.807, 2.05) is 18.4 Å². The molecule has 0 unspecified atom stereocenters. The summed E-state index contributed by atoms with van der Waals surface area (Å²) >= 11 is 1.60. The summed E-state index contributed by atoms with van der Waals surface area (Å²) in [6.07, 6.45) is 3.38. The van der Waals surface area contributed by atoms with Crippen molar-refractivity contribution in [2.24, 2.45) is 0 Å². The third kappa shape index (κ3) is 3.21. The van der Waals surface area contributed by atoms with Crippen LogP contribution >= 0.6 is 11.8 Å². The number of hydrogen-bond donors (Lipinski definition) is 2. The van der Waals surface area contributed by atoms with Crippen LogP contribution in [0.4, 0.5) is 0 Å². The molecule has 0 aliphatic heterocycles. The lowest BCUT2D eigenvalue weighted by Crippen LogP contribution is -2.41. The Morgan fingerprint density at radius 1 is 1.05 bits per heavy atom. The summed E-state index contributed by atoms with van der Waals surface area (Å²) in [5.74, 6) is -0.279. The molecule has 0 saturated carbocycles. The zero-order valence-corrected chi connectivity index (χ0v) is 11.9. The Morgan fingerprint density at radius 3 is 2.25 bits per heavy atom. The Bertz CT molecular complexity index is 620. The summed E-state index contributed by atoms with van der Waals surface area (Å²) < 4.78 is 5.03. The Labute approximate surface area is 120 Å². The summed E-state index contributed by atoms with van der Waals surface area (Å²) in [7, 11) is 0. The average Bonchev–Trinajstić information content (AvgIpc) is 2.90. The number of carbonyl (C=O) groups is 2. The topological polar surface area (TPSA) is 71.3 Å². The van der Waals surface area contributed by atoms with E-state index in [1.54, 1.807) is 36.9 Å². The molecule has 0 aliphatic rings. The minimum atomic E-state index is -0.412. The fraction of sp³-hybridized carbons (Fsp3) is 0.143. The van der Waals surface area contributed by atoms with Crippen molar-refractivity contribution < 1.29 is 14.0 Å². The molecule has 0 spiro atoms. The molecule has 20 heavy (non-hydrogen) atoms. The van der Waals surface area contributed by atoms with Crippen LogP contribution in [0.2, 0.25) is 0 Å². The van der Waals surface area contributed by atoms with Gasteiger partial charge in [0, 0.05) is 10.5 Å². The molecule has 0 radical (unpaired) electrons. The van der Waals surface area contributed by atoms with Gasteiger partial charge in [-0.1, -0.05) is 0 Å². The maximum atomic E-state index is 11.8. The molecule has 5 nitrogen and oxygen atoms in total. The first kappa shape index (κ1) is 14.2. The highest BCUT2D eigenvalue weighted by atomic mass is 32.2. The Hall–Kier alpha value is -2.21. The van der Waals surface area contributed by atoms with E-state index in [0.29, 0.717) is 16.9 Å². The second-order valence-electron chi connectivity index (χ2n) is 4.03. The van der Waals surface area contributed by atoms with Gasteiger partial charge in [0.1, 0.15) is 5.76 Å². The van der Waals surface area contributed by atoms with Crippen molar-refractivity contribution >= 4 is 23.6 Å². The SMILES string of the molecule is CSc1ccc(C(=O)NNC(=O)c2ccoc2C)cc1. The third-order valence-corrected chi connectivity index (χ3v) is 3.49. The van der Waals surface area contributed by atoms with E-state index in [9.17, 15) is 9.59 Å². The number of carbonyl (C=O) groups excluding carboxylic acids is 2. The molecule has 0 saturated heterocycles. The highest BCUT2D eigenvalue weighted by Crippen LogP contribution is 2.14. The van der Waals surface area contributed by atoms with Crippen molar-refractivity contribution in [1.82, 2.24) is 10.9 Å². The summed E-state index contributed by atoms with van der Waals surface area (Å²) in [6, 6.07) is 8.65. The number of furan rings is 1. The molecule has 1 heterocycles. The summed E-state index contributed by atoms with van der Waals surface area (Å²) in [5.41, 5.74) is 5.58. The first-order chi connectivity index (χ1) is 9.61. The lowest BCUT2D eigenvalue weighted by Gasteiger charge is -2.07. The number of thioether (sulfide) groups is 1. The predicted octanol–water partition coefficient (Wildman–Crippen LogP) is 2.38. The van der Waals surface area contributed by atoms with Crippen molar-refractivity contribution in [2.75, 3.05) is 6.26 Å². The normalized spacial score (nSPS) is 10.1. The van der Waals surface area contributed by atoms with Crippen molar-refractivity contribution in [3.63, 3.8) is 0 Å². The van der Waals surface area contributed by atoms with Crippen molar-refractivity contribution in [1.29, 1.82) is 0 Å². The highest BCUT2D eigenvalue weighted by molar-refractivity contribution is 7.98.